The van der Waals surface area contributed by atoms with Crippen LogP contribution in [0.15, 0.2) is 30.5 Å². The summed E-state index contributed by atoms with van der Waals surface area (Å²) in [5, 5.41) is 14.6. The number of ether oxygens (including phenoxy) is 1. The Bertz CT molecular complexity index is 887. The Kier molecular flexibility index (Phi) is 7.85. The van der Waals surface area contributed by atoms with Crippen LogP contribution in [-0.2, 0) is 9.59 Å². The highest BCUT2D eigenvalue weighted by molar-refractivity contribution is 5.92. The molecular weight excluding hydrogens is 403 g/mol. The van der Waals surface area contributed by atoms with Gasteiger partial charge >= 0.3 is 12.1 Å². The van der Waals surface area contributed by atoms with Gasteiger partial charge in [-0.05, 0) is 51.0 Å². The van der Waals surface area contributed by atoms with Crippen molar-refractivity contribution in [3.63, 3.8) is 0 Å². The Morgan fingerprint density at radius 1 is 1.37 bits per heavy atom. The van der Waals surface area contributed by atoms with Gasteiger partial charge in [0.15, 0.2) is 0 Å². The van der Waals surface area contributed by atoms with Crippen LogP contribution in [0.2, 0.25) is 0 Å². The Labute approximate surface area is 171 Å². The van der Waals surface area contributed by atoms with Crippen LogP contribution in [0.5, 0.6) is 5.75 Å². The second-order valence-corrected chi connectivity index (χ2v) is 7.04. The molecule has 3 N–H and O–H groups in total. The molecule has 10 heteroatoms. The summed E-state index contributed by atoms with van der Waals surface area (Å²) in [6.45, 7) is 4.75. The van der Waals surface area contributed by atoms with Crippen molar-refractivity contribution in [1.29, 1.82) is 0 Å². The molecule has 0 aliphatic carbocycles. The molecule has 2 aromatic rings. The number of alkyl halides is 3. The third kappa shape index (κ3) is 7.09. The number of rotatable bonds is 5. The first-order valence-corrected chi connectivity index (χ1v) is 9.45. The van der Waals surface area contributed by atoms with E-state index in [0.29, 0.717) is 6.42 Å². The van der Waals surface area contributed by atoms with Crippen molar-refractivity contribution in [3.05, 3.63) is 30.5 Å². The maximum atomic E-state index is 11.5. The molecule has 2 heterocycles. The Morgan fingerprint density at radius 2 is 2.07 bits per heavy atom. The monoisotopic (exact) mass is 427 g/mol. The van der Waals surface area contributed by atoms with Crippen LogP contribution in [0.25, 0.3) is 10.9 Å². The molecule has 1 atom stereocenters. The van der Waals surface area contributed by atoms with E-state index in [-0.39, 0.29) is 18.1 Å². The van der Waals surface area contributed by atoms with Crippen molar-refractivity contribution in [2.24, 2.45) is 0 Å². The molecule has 0 spiro atoms. The number of hydrogen-bond acceptors (Lipinski definition) is 5. The zero-order valence-electron chi connectivity index (χ0n) is 16.6. The molecule has 1 fully saturated rings. The molecule has 164 valence electrons. The topological polar surface area (TPSA) is 101 Å². The maximum absolute atomic E-state index is 11.5. The molecule has 3 rings (SSSR count). The summed E-state index contributed by atoms with van der Waals surface area (Å²) in [5.41, 5.74) is 1.95. The number of carbonyl (C=O) groups excluding carboxylic acids is 1. The summed E-state index contributed by atoms with van der Waals surface area (Å²) in [6, 6.07) is 8.09. The number of benzene rings is 1. The van der Waals surface area contributed by atoms with Crippen LogP contribution in [0.4, 0.5) is 18.9 Å². The highest BCUT2D eigenvalue weighted by Crippen LogP contribution is 2.26. The highest BCUT2D eigenvalue weighted by Gasteiger charge is 2.38. The minimum atomic E-state index is -5.08. The first-order valence-electron chi connectivity index (χ1n) is 9.45. The van der Waals surface area contributed by atoms with Crippen LogP contribution in [0.3, 0.4) is 0 Å². The first kappa shape index (κ1) is 23.2. The van der Waals surface area contributed by atoms with E-state index in [4.69, 9.17) is 14.6 Å². The normalized spacial score (nSPS) is 16.5. The number of nitrogens with zero attached hydrogens (tertiary/aromatic N) is 1. The van der Waals surface area contributed by atoms with Crippen LogP contribution >= 0.6 is 0 Å². The van der Waals surface area contributed by atoms with E-state index in [2.05, 4.69) is 15.6 Å². The molecule has 7 nitrogen and oxygen atoms in total. The number of fused-ring (bicyclic) bond motifs is 1. The molecule has 1 amide bonds. The fourth-order valence-electron chi connectivity index (χ4n) is 2.89. The summed E-state index contributed by atoms with van der Waals surface area (Å²) in [5.74, 6) is -1.77. The van der Waals surface area contributed by atoms with Gasteiger partial charge in [0, 0.05) is 36.3 Å². The Balaban J connectivity index is 0.000000396. The average Bonchev–Trinajstić information content (AvgIpc) is 2.65. The lowest BCUT2D eigenvalue weighted by atomic mass is 10.0. The molecule has 0 bridgehead atoms. The van der Waals surface area contributed by atoms with Crippen molar-refractivity contribution < 1.29 is 32.6 Å². The molecular formula is C20H24F3N3O4. The first-order chi connectivity index (χ1) is 14.1. The smallest absolute Gasteiger partial charge is 0.490 e. The Hall–Kier alpha value is -3.04. The van der Waals surface area contributed by atoms with Gasteiger partial charge in [0.05, 0.1) is 11.6 Å². The molecule has 1 aliphatic heterocycles. The minimum Gasteiger partial charge on any atom is -0.491 e. The number of anilines is 1. The van der Waals surface area contributed by atoms with Gasteiger partial charge in [-0.2, -0.15) is 13.2 Å². The Morgan fingerprint density at radius 3 is 2.67 bits per heavy atom. The number of nitrogens with one attached hydrogen (secondary N) is 2. The highest BCUT2D eigenvalue weighted by atomic mass is 19.4. The lowest BCUT2D eigenvalue weighted by Crippen LogP contribution is -2.42. The SMILES string of the molecule is CC(C)Oc1ccc2nccc(NC[C@H]3CCCC(=O)N3)c2c1.O=C(O)C(F)(F)F. The van der Waals surface area contributed by atoms with E-state index in [0.717, 1.165) is 41.7 Å². The molecule has 1 aliphatic rings. The second-order valence-electron chi connectivity index (χ2n) is 7.04. The number of hydrogen-bond donors (Lipinski definition) is 3. The molecule has 1 aromatic carbocycles. The molecule has 30 heavy (non-hydrogen) atoms. The van der Waals surface area contributed by atoms with Gasteiger partial charge in [0.2, 0.25) is 5.91 Å². The summed E-state index contributed by atoms with van der Waals surface area (Å²) in [7, 11) is 0. The van der Waals surface area contributed by atoms with Crippen molar-refractivity contribution in [2.45, 2.75) is 51.4 Å². The fourth-order valence-corrected chi connectivity index (χ4v) is 2.89. The zero-order chi connectivity index (χ0) is 22.3. The number of aliphatic carboxylic acids is 1. The van der Waals surface area contributed by atoms with E-state index in [1.54, 1.807) is 6.20 Å². The maximum Gasteiger partial charge on any atom is 0.490 e. The van der Waals surface area contributed by atoms with E-state index in [1.165, 1.54) is 0 Å². The van der Waals surface area contributed by atoms with Gasteiger partial charge in [-0.25, -0.2) is 4.79 Å². The number of aromatic nitrogens is 1. The van der Waals surface area contributed by atoms with Crippen LogP contribution in [0, 0.1) is 0 Å². The van der Waals surface area contributed by atoms with Gasteiger partial charge < -0.3 is 20.5 Å². The quantitative estimate of drug-likeness (QED) is 0.672. The van der Waals surface area contributed by atoms with E-state index in [9.17, 15) is 18.0 Å². The summed E-state index contributed by atoms with van der Waals surface area (Å²) in [4.78, 5) is 24.8. The van der Waals surface area contributed by atoms with Gasteiger partial charge in [-0.15, -0.1) is 0 Å². The fraction of sp³-hybridized carbons (Fsp3) is 0.450. The molecule has 0 unspecified atom stereocenters. The number of pyridine rings is 1. The molecule has 0 radical (unpaired) electrons. The number of amides is 1. The lowest BCUT2D eigenvalue weighted by molar-refractivity contribution is -0.192. The van der Waals surface area contributed by atoms with Crippen LogP contribution < -0.4 is 15.4 Å². The van der Waals surface area contributed by atoms with Gasteiger partial charge in [0.25, 0.3) is 0 Å². The van der Waals surface area contributed by atoms with Crippen molar-refractivity contribution >= 4 is 28.5 Å². The third-order valence-electron chi connectivity index (χ3n) is 4.19. The predicted molar refractivity (Wildman–Crippen MR) is 105 cm³/mol. The lowest BCUT2D eigenvalue weighted by Gasteiger charge is -2.24. The van der Waals surface area contributed by atoms with Crippen LogP contribution in [-0.4, -0.2) is 46.8 Å². The third-order valence-corrected chi connectivity index (χ3v) is 4.19. The largest absolute Gasteiger partial charge is 0.491 e. The summed E-state index contributed by atoms with van der Waals surface area (Å²) < 4.78 is 37.5. The van der Waals surface area contributed by atoms with Gasteiger partial charge in [-0.3, -0.25) is 9.78 Å². The van der Waals surface area contributed by atoms with E-state index < -0.39 is 12.1 Å². The average molecular weight is 427 g/mol. The van der Waals surface area contributed by atoms with Crippen molar-refractivity contribution in [1.82, 2.24) is 10.3 Å². The van der Waals surface area contributed by atoms with E-state index >= 15 is 0 Å². The number of carboxylic acids is 1. The zero-order valence-corrected chi connectivity index (χ0v) is 16.6. The van der Waals surface area contributed by atoms with Crippen LogP contribution in [0.1, 0.15) is 33.1 Å². The second kappa shape index (κ2) is 10.1. The molecule has 0 saturated carbocycles. The summed E-state index contributed by atoms with van der Waals surface area (Å²) >= 11 is 0. The summed E-state index contributed by atoms with van der Waals surface area (Å²) in [6.07, 6.45) is -0.527. The van der Waals surface area contributed by atoms with Gasteiger partial charge in [0.1, 0.15) is 5.75 Å². The molecule has 1 saturated heterocycles. The van der Waals surface area contributed by atoms with Crippen molar-refractivity contribution in [2.75, 3.05) is 11.9 Å². The predicted octanol–water partition coefficient (Wildman–Crippen LogP) is 3.74. The number of carboxylic acid groups (broad SMARTS) is 1. The minimum absolute atomic E-state index is 0.137. The number of piperidine rings is 1. The van der Waals surface area contributed by atoms with Crippen molar-refractivity contribution in [3.8, 4) is 5.75 Å². The molecule has 1 aromatic heterocycles. The number of halogens is 3. The van der Waals surface area contributed by atoms with Gasteiger partial charge in [-0.1, -0.05) is 0 Å². The van der Waals surface area contributed by atoms with E-state index in [1.807, 2.05) is 38.1 Å². The standard InChI is InChI=1S/C18H23N3O2.C2HF3O2/c1-12(2)23-14-6-7-16-15(10-14)17(8-9-19-16)20-11-13-4-3-5-18(22)21-13;3-2(4,5)1(6)7/h6-10,12-13H,3-5,11H2,1-2H3,(H,19,20)(H,21,22);(H,6,7)/t13-;/m1./s1. The number of carbonyl (C=O) groups is 2.